The van der Waals surface area contributed by atoms with Crippen LogP contribution in [0.1, 0.15) is 49.3 Å². The number of aliphatic carboxylic acids is 1. The molecule has 3 N–H and O–H groups in total. The summed E-state index contributed by atoms with van der Waals surface area (Å²) in [6.07, 6.45) is -0.402. The number of ether oxygens (including phenoxy) is 1. The molecular weight excluding hydrogens is 477 g/mol. The van der Waals surface area contributed by atoms with E-state index in [1.165, 1.54) is 28.9 Å². The maximum absolute atomic E-state index is 13.9. The molecule has 0 aliphatic rings. The van der Waals surface area contributed by atoms with Crippen LogP contribution < -0.4 is 10.1 Å². The van der Waals surface area contributed by atoms with Crippen LogP contribution in [-0.2, 0) is 4.79 Å². The summed E-state index contributed by atoms with van der Waals surface area (Å²) in [6.45, 7) is 5.19. The van der Waals surface area contributed by atoms with E-state index >= 15 is 0 Å². The third-order valence-electron chi connectivity index (χ3n) is 5.68. The lowest BCUT2D eigenvalue weighted by Gasteiger charge is -2.27. The number of nitrogens with zero attached hydrogens (tertiary/aromatic N) is 2. The molecule has 3 aromatic rings. The van der Waals surface area contributed by atoms with Crippen LogP contribution in [0, 0.1) is 11.7 Å². The summed E-state index contributed by atoms with van der Waals surface area (Å²) >= 11 is 6.22. The van der Waals surface area contributed by atoms with Gasteiger partial charge in [0.05, 0.1) is 23.8 Å². The minimum atomic E-state index is -1.17. The van der Waals surface area contributed by atoms with Gasteiger partial charge in [-0.1, -0.05) is 49.7 Å². The van der Waals surface area contributed by atoms with E-state index in [0.29, 0.717) is 16.3 Å². The van der Waals surface area contributed by atoms with Crippen LogP contribution in [-0.4, -0.2) is 44.1 Å². The van der Waals surface area contributed by atoms with Crippen LogP contribution in [0.3, 0.4) is 0 Å². The molecule has 0 aliphatic carbocycles. The summed E-state index contributed by atoms with van der Waals surface area (Å²) in [5.41, 5.74) is -0.512. The molecule has 35 heavy (non-hydrogen) atoms. The first-order valence-corrected chi connectivity index (χ1v) is 11.3. The first-order chi connectivity index (χ1) is 16.5. The highest BCUT2D eigenvalue weighted by molar-refractivity contribution is 6.31. The number of carboxylic acids is 1. The molecule has 3 rings (SSSR count). The van der Waals surface area contributed by atoms with Crippen LogP contribution in [0.2, 0.25) is 5.02 Å². The van der Waals surface area contributed by atoms with E-state index in [9.17, 15) is 24.2 Å². The molecule has 0 fully saturated rings. The first-order valence-electron chi connectivity index (χ1n) is 11.0. The largest absolute Gasteiger partial charge is 0.481 e. The van der Waals surface area contributed by atoms with Crippen molar-refractivity contribution in [3.05, 3.63) is 76.7 Å². The first kappa shape index (κ1) is 26.2. The fraction of sp³-hybridized carbons (Fsp3) is 0.320. The molecule has 1 amide bonds. The predicted molar refractivity (Wildman–Crippen MR) is 128 cm³/mol. The fourth-order valence-corrected chi connectivity index (χ4v) is 3.43. The van der Waals surface area contributed by atoms with Gasteiger partial charge in [0.1, 0.15) is 12.4 Å². The smallest absolute Gasteiger partial charge is 0.305 e. The lowest BCUT2D eigenvalue weighted by atomic mass is 9.94. The molecule has 8 nitrogen and oxygen atoms in total. The molecule has 0 bridgehead atoms. The van der Waals surface area contributed by atoms with Gasteiger partial charge in [-0.2, -0.15) is 5.10 Å². The monoisotopic (exact) mass is 503 g/mol. The summed E-state index contributed by atoms with van der Waals surface area (Å²) in [7, 11) is 0. The van der Waals surface area contributed by atoms with Crippen molar-refractivity contribution >= 4 is 23.5 Å². The number of carbonyl (C=O) groups excluding carboxylic acids is 1. The zero-order chi connectivity index (χ0) is 25.8. The van der Waals surface area contributed by atoms with E-state index in [0.717, 1.165) is 0 Å². The SMILES string of the molecule is CC(C)C(C)(O)COc1cc(C(=O)NC(CC(=O)O)c2ccccc2Cl)nn1-c1cccc(F)c1. The molecule has 0 spiro atoms. The van der Waals surface area contributed by atoms with Crippen LogP contribution in [0.25, 0.3) is 5.69 Å². The Balaban J connectivity index is 1.94. The van der Waals surface area contributed by atoms with Crippen molar-refractivity contribution in [3.63, 3.8) is 0 Å². The van der Waals surface area contributed by atoms with Gasteiger partial charge < -0.3 is 20.3 Å². The van der Waals surface area contributed by atoms with E-state index in [4.69, 9.17) is 16.3 Å². The van der Waals surface area contributed by atoms with Crippen LogP contribution >= 0.6 is 11.6 Å². The third-order valence-corrected chi connectivity index (χ3v) is 6.03. The maximum Gasteiger partial charge on any atom is 0.305 e. The highest BCUT2D eigenvalue weighted by Gasteiger charge is 2.28. The molecule has 0 radical (unpaired) electrons. The number of carboxylic acid groups (broad SMARTS) is 1. The molecule has 186 valence electrons. The van der Waals surface area contributed by atoms with Gasteiger partial charge in [0, 0.05) is 11.1 Å². The molecule has 0 saturated carbocycles. The Morgan fingerprint density at radius 2 is 1.91 bits per heavy atom. The molecule has 1 heterocycles. The molecule has 10 heteroatoms. The van der Waals surface area contributed by atoms with Crippen molar-refractivity contribution in [2.24, 2.45) is 5.92 Å². The minimum Gasteiger partial charge on any atom is -0.481 e. The number of amides is 1. The maximum atomic E-state index is 13.9. The number of aliphatic hydroxyl groups is 1. The standard InChI is InChI=1S/C25H27ClFN3O5/c1-15(2)25(3,34)14-35-22-12-21(29-30(22)17-8-6-7-16(27)11-17)24(33)28-20(13-23(31)32)18-9-4-5-10-19(18)26/h4-12,15,20,34H,13-14H2,1-3H3,(H,28,33)(H,31,32). The zero-order valence-corrected chi connectivity index (χ0v) is 20.3. The second kappa shape index (κ2) is 10.9. The summed E-state index contributed by atoms with van der Waals surface area (Å²) in [4.78, 5) is 24.5. The predicted octanol–water partition coefficient (Wildman–Crippen LogP) is 4.40. The number of nitrogens with one attached hydrogen (secondary N) is 1. The second-order valence-corrected chi connectivity index (χ2v) is 9.11. The Bertz CT molecular complexity index is 1210. The Morgan fingerprint density at radius 3 is 2.54 bits per heavy atom. The molecule has 2 unspecified atom stereocenters. The van der Waals surface area contributed by atoms with Crippen LogP contribution in [0.5, 0.6) is 5.88 Å². The minimum absolute atomic E-state index is 0.0871. The molecule has 2 aromatic carbocycles. The average molecular weight is 504 g/mol. The topological polar surface area (TPSA) is 114 Å². The zero-order valence-electron chi connectivity index (χ0n) is 19.5. The number of carbonyl (C=O) groups is 2. The number of halogens is 2. The number of rotatable bonds is 10. The van der Waals surface area contributed by atoms with Crippen molar-refractivity contribution in [1.29, 1.82) is 0 Å². The van der Waals surface area contributed by atoms with Crippen LogP contribution in [0.4, 0.5) is 4.39 Å². The number of hydrogen-bond acceptors (Lipinski definition) is 5. The van der Waals surface area contributed by atoms with E-state index in [2.05, 4.69) is 10.4 Å². The third kappa shape index (κ3) is 6.58. The number of aromatic nitrogens is 2. The Kier molecular flexibility index (Phi) is 8.14. The second-order valence-electron chi connectivity index (χ2n) is 8.71. The highest BCUT2D eigenvalue weighted by Crippen LogP contribution is 2.27. The summed E-state index contributed by atoms with van der Waals surface area (Å²) in [5, 5.41) is 27.1. The van der Waals surface area contributed by atoms with E-state index in [-0.39, 0.29) is 24.1 Å². The Labute approximate surface area is 207 Å². The Morgan fingerprint density at radius 1 is 1.20 bits per heavy atom. The van der Waals surface area contributed by atoms with Crippen molar-refractivity contribution < 1.29 is 28.9 Å². The van der Waals surface area contributed by atoms with E-state index < -0.39 is 35.8 Å². The molecule has 0 saturated heterocycles. The average Bonchev–Trinajstić information content (AvgIpc) is 3.22. The van der Waals surface area contributed by atoms with Gasteiger partial charge in [-0.15, -0.1) is 0 Å². The molecule has 0 aliphatic heterocycles. The quantitative estimate of drug-likeness (QED) is 0.378. The van der Waals surface area contributed by atoms with Gasteiger partial charge in [0.25, 0.3) is 5.91 Å². The van der Waals surface area contributed by atoms with Gasteiger partial charge in [-0.3, -0.25) is 9.59 Å². The molecular formula is C25H27ClFN3O5. The van der Waals surface area contributed by atoms with Crippen LogP contribution in [0.15, 0.2) is 54.6 Å². The van der Waals surface area contributed by atoms with Gasteiger partial charge in [0.15, 0.2) is 5.69 Å². The lowest BCUT2D eigenvalue weighted by Crippen LogP contribution is -2.38. The summed E-state index contributed by atoms with van der Waals surface area (Å²) < 4.78 is 20.9. The van der Waals surface area contributed by atoms with Gasteiger partial charge in [-0.25, -0.2) is 9.07 Å². The van der Waals surface area contributed by atoms with E-state index in [1.54, 1.807) is 37.3 Å². The summed E-state index contributed by atoms with van der Waals surface area (Å²) in [5.74, 6) is -2.32. The van der Waals surface area contributed by atoms with Crippen molar-refractivity contribution in [2.45, 2.75) is 38.8 Å². The van der Waals surface area contributed by atoms with E-state index in [1.807, 2.05) is 13.8 Å². The normalized spacial score (nSPS) is 13.8. The van der Waals surface area contributed by atoms with Crippen molar-refractivity contribution in [3.8, 4) is 11.6 Å². The molecule has 2 atom stereocenters. The highest BCUT2D eigenvalue weighted by atomic mass is 35.5. The Hall–Kier alpha value is -3.43. The lowest BCUT2D eigenvalue weighted by molar-refractivity contribution is -0.137. The fourth-order valence-electron chi connectivity index (χ4n) is 3.16. The number of benzene rings is 2. The van der Waals surface area contributed by atoms with Crippen molar-refractivity contribution in [1.82, 2.24) is 15.1 Å². The van der Waals surface area contributed by atoms with Gasteiger partial charge in [0.2, 0.25) is 5.88 Å². The van der Waals surface area contributed by atoms with Gasteiger partial charge in [-0.05, 0) is 42.7 Å². The molecule has 1 aromatic heterocycles. The summed E-state index contributed by atoms with van der Waals surface area (Å²) in [6, 6.07) is 12.6. The van der Waals surface area contributed by atoms with Gasteiger partial charge >= 0.3 is 5.97 Å². The number of hydrogen-bond donors (Lipinski definition) is 3. The van der Waals surface area contributed by atoms with Crippen molar-refractivity contribution in [2.75, 3.05) is 6.61 Å².